The van der Waals surface area contributed by atoms with Gasteiger partial charge in [-0.05, 0) is 12.5 Å². The van der Waals surface area contributed by atoms with Crippen molar-refractivity contribution < 1.29 is 14.2 Å². The third-order valence-electron chi connectivity index (χ3n) is 3.08. The van der Waals surface area contributed by atoms with Crippen molar-refractivity contribution >= 4 is 0 Å². The van der Waals surface area contributed by atoms with Gasteiger partial charge in [-0.15, -0.1) is 0 Å². The molecule has 10 heteroatoms. The fourth-order valence-corrected chi connectivity index (χ4v) is 2.05. The molecule has 2 N–H and O–H groups in total. The van der Waals surface area contributed by atoms with Crippen LogP contribution in [0.3, 0.4) is 0 Å². The molecular formula is C10H12FN5O4. The quantitative estimate of drug-likeness (QED) is 0.450. The van der Waals surface area contributed by atoms with E-state index in [1.807, 2.05) is 4.98 Å². The van der Waals surface area contributed by atoms with Crippen LogP contribution in [0.4, 0.5) is 4.39 Å². The van der Waals surface area contributed by atoms with Gasteiger partial charge in [0.05, 0.1) is 12.7 Å². The number of nitrogens with one attached hydrogen (secondary N) is 1. The number of hydrogen-bond acceptors (Lipinski definition) is 5. The van der Waals surface area contributed by atoms with Crippen molar-refractivity contribution in [2.24, 2.45) is 5.11 Å². The smallest absolute Gasteiger partial charge is 0.330 e. The minimum absolute atomic E-state index is 0.202. The predicted octanol–water partition coefficient (Wildman–Crippen LogP) is -0.248. The highest BCUT2D eigenvalue weighted by Crippen LogP contribution is 2.32. The van der Waals surface area contributed by atoms with Crippen molar-refractivity contribution in [2.45, 2.75) is 31.5 Å². The maximum atomic E-state index is 14.2. The van der Waals surface area contributed by atoms with Crippen LogP contribution in [0.5, 0.6) is 0 Å². The van der Waals surface area contributed by atoms with E-state index in [4.69, 9.17) is 15.4 Å². The van der Waals surface area contributed by atoms with Crippen LogP contribution in [0.25, 0.3) is 10.4 Å². The van der Waals surface area contributed by atoms with E-state index in [1.165, 1.54) is 6.92 Å². The summed E-state index contributed by atoms with van der Waals surface area (Å²) in [5.41, 5.74) is 7.17. The molecule has 0 bridgehead atoms. The number of nitrogens with zero attached hydrogens (tertiary/aromatic N) is 4. The Labute approximate surface area is 111 Å². The summed E-state index contributed by atoms with van der Waals surface area (Å²) in [7, 11) is 0. The molecule has 0 amide bonds. The standard InChI is InChI=1S/C10H12FN5O4/c1-4-2-16(10(19)13-8(4)18)9-6(11)7(14-15-12)5(3-17)20-9/h2,5-7,9,17H,3H2,1H3,(H,13,18,19)/t5-,6?,7?,9-/m1/s1. The molecule has 1 aliphatic heterocycles. The summed E-state index contributed by atoms with van der Waals surface area (Å²) >= 11 is 0. The number of alkyl halides is 1. The van der Waals surface area contributed by atoms with Gasteiger partial charge in [0.15, 0.2) is 12.4 Å². The lowest BCUT2D eigenvalue weighted by atomic mass is 10.1. The SMILES string of the molecule is Cc1cn([C@@H]2O[C@H](CO)C(N=[N+]=[N-])C2F)c(=O)[nH]c1=O. The van der Waals surface area contributed by atoms with E-state index in [0.717, 1.165) is 10.8 Å². The molecule has 20 heavy (non-hydrogen) atoms. The van der Waals surface area contributed by atoms with Crippen LogP contribution in [0.2, 0.25) is 0 Å². The van der Waals surface area contributed by atoms with Crippen molar-refractivity contribution in [3.63, 3.8) is 0 Å². The zero-order valence-electron chi connectivity index (χ0n) is 10.4. The molecule has 1 aromatic heterocycles. The Kier molecular flexibility index (Phi) is 3.89. The Morgan fingerprint density at radius 1 is 1.65 bits per heavy atom. The number of hydrogen-bond donors (Lipinski definition) is 2. The van der Waals surface area contributed by atoms with Gasteiger partial charge in [-0.1, -0.05) is 5.11 Å². The number of aryl methyl sites for hydroxylation is 1. The molecule has 1 fully saturated rings. The molecule has 1 aromatic rings. The topological polar surface area (TPSA) is 133 Å². The van der Waals surface area contributed by atoms with Crippen LogP contribution in [-0.4, -0.2) is 39.6 Å². The summed E-state index contributed by atoms with van der Waals surface area (Å²) in [6.07, 6.45) is -3.08. The fourth-order valence-electron chi connectivity index (χ4n) is 2.05. The molecule has 0 aromatic carbocycles. The minimum atomic E-state index is -1.81. The number of azide groups is 1. The fraction of sp³-hybridized carbons (Fsp3) is 0.600. The second kappa shape index (κ2) is 5.45. The van der Waals surface area contributed by atoms with Gasteiger partial charge in [0.25, 0.3) is 5.56 Å². The summed E-state index contributed by atoms with van der Waals surface area (Å²) in [6.45, 7) is 0.892. The van der Waals surface area contributed by atoms with E-state index in [9.17, 15) is 14.0 Å². The van der Waals surface area contributed by atoms with Gasteiger partial charge >= 0.3 is 5.69 Å². The third-order valence-corrected chi connectivity index (χ3v) is 3.08. The molecule has 0 radical (unpaired) electrons. The number of rotatable bonds is 3. The summed E-state index contributed by atoms with van der Waals surface area (Å²) in [5, 5.41) is 12.3. The zero-order valence-corrected chi connectivity index (χ0v) is 10.4. The minimum Gasteiger partial charge on any atom is -0.394 e. The van der Waals surface area contributed by atoms with Crippen molar-refractivity contribution in [1.82, 2.24) is 9.55 Å². The Bertz CT molecular complexity index is 664. The molecule has 2 heterocycles. The first kappa shape index (κ1) is 14.3. The predicted molar refractivity (Wildman–Crippen MR) is 64.9 cm³/mol. The van der Waals surface area contributed by atoms with Gasteiger partial charge in [0.1, 0.15) is 6.04 Å². The molecule has 108 valence electrons. The number of halogens is 1. The summed E-state index contributed by atoms with van der Waals surface area (Å²) in [5.74, 6) is 0. The number of ether oxygens (including phenoxy) is 1. The normalized spacial score (nSPS) is 29.1. The van der Waals surface area contributed by atoms with E-state index in [1.54, 1.807) is 0 Å². The van der Waals surface area contributed by atoms with Crippen molar-refractivity contribution in [2.75, 3.05) is 6.61 Å². The Morgan fingerprint density at radius 2 is 2.35 bits per heavy atom. The molecule has 2 unspecified atom stereocenters. The molecule has 1 aliphatic rings. The van der Waals surface area contributed by atoms with Crippen LogP contribution in [0.1, 0.15) is 11.8 Å². The molecule has 0 saturated carbocycles. The van der Waals surface area contributed by atoms with Gasteiger partial charge in [-0.2, -0.15) is 0 Å². The lowest BCUT2D eigenvalue weighted by Crippen LogP contribution is -2.36. The summed E-state index contributed by atoms with van der Waals surface area (Å²) < 4.78 is 20.3. The Morgan fingerprint density at radius 3 is 2.95 bits per heavy atom. The van der Waals surface area contributed by atoms with Gasteiger partial charge in [-0.3, -0.25) is 14.3 Å². The average Bonchev–Trinajstić information content (AvgIpc) is 2.72. The molecule has 9 nitrogen and oxygen atoms in total. The summed E-state index contributed by atoms with van der Waals surface area (Å²) in [6, 6.07) is -1.24. The lowest BCUT2D eigenvalue weighted by Gasteiger charge is -2.16. The van der Waals surface area contributed by atoms with Crippen molar-refractivity contribution in [3.05, 3.63) is 43.0 Å². The van der Waals surface area contributed by atoms with Crippen LogP contribution < -0.4 is 11.2 Å². The molecule has 4 atom stereocenters. The monoisotopic (exact) mass is 285 g/mol. The number of aliphatic hydroxyl groups excluding tert-OH is 1. The molecule has 2 rings (SSSR count). The van der Waals surface area contributed by atoms with Gasteiger partial charge in [0, 0.05) is 16.7 Å². The second-order valence-electron chi connectivity index (χ2n) is 4.37. The first-order valence-electron chi connectivity index (χ1n) is 5.76. The van der Waals surface area contributed by atoms with E-state index >= 15 is 0 Å². The number of aromatic amines is 1. The first-order chi connectivity index (χ1) is 9.49. The highest BCUT2D eigenvalue weighted by molar-refractivity contribution is 5.04. The second-order valence-corrected chi connectivity index (χ2v) is 4.37. The van der Waals surface area contributed by atoms with Crippen LogP contribution in [0.15, 0.2) is 20.9 Å². The van der Waals surface area contributed by atoms with E-state index < -0.39 is 42.4 Å². The average molecular weight is 285 g/mol. The van der Waals surface area contributed by atoms with Crippen molar-refractivity contribution in [3.8, 4) is 0 Å². The van der Waals surface area contributed by atoms with Crippen LogP contribution >= 0.6 is 0 Å². The van der Waals surface area contributed by atoms with Crippen LogP contribution in [-0.2, 0) is 4.74 Å². The summed E-state index contributed by atoms with van der Waals surface area (Å²) in [4.78, 5) is 27.5. The largest absolute Gasteiger partial charge is 0.394 e. The van der Waals surface area contributed by atoms with E-state index in [2.05, 4.69) is 10.0 Å². The number of H-pyrrole nitrogens is 1. The maximum absolute atomic E-state index is 14.2. The maximum Gasteiger partial charge on any atom is 0.330 e. The molecular weight excluding hydrogens is 273 g/mol. The van der Waals surface area contributed by atoms with Gasteiger partial charge in [-0.25, -0.2) is 9.18 Å². The van der Waals surface area contributed by atoms with Crippen molar-refractivity contribution in [1.29, 1.82) is 0 Å². The number of aromatic nitrogens is 2. The lowest BCUT2D eigenvalue weighted by molar-refractivity contribution is -0.0403. The highest BCUT2D eigenvalue weighted by Gasteiger charge is 2.45. The number of aliphatic hydroxyl groups is 1. The molecule has 1 saturated heterocycles. The molecule has 0 aliphatic carbocycles. The Hall–Kier alpha value is -2.16. The third kappa shape index (κ3) is 2.31. The Balaban J connectivity index is 2.44. The zero-order chi connectivity index (χ0) is 14.9. The van der Waals surface area contributed by atoms with Gasteiger partial charge < -0.3 is 9.84 Å². The molecule has 0 spiro atoms. The highest BCUT2D eigenvalue weighted by atomic mass is 19.1. The first-order valence-corrected chi connectivity index (χ1v) is 5.76. The van der Waals surface area contributed by atoms with E-state index in [-0.39, 0.29) is 5.56 Å². The van der Waals surface area contributed by atoms with Crippen LogP contribution in [0, 0.1) is 6.92 Å². The van der Waals surface area contributed by atoms with Gasteiger partial charge in [0.2, 0.25) is 0 Å². The van der Waals surface area contributed by atoms with E-state index in [0.29, 0.717) is 0 Å².